The lowest BCUT2D eigenvalue weighted by molar-refractivity contribution is -0.0508. The highest BCUT2D eigenvalue weighted by molar-refractivity contribution is 7.92. The molecule has 2 aromatic rings. The number of carbonyl (C=O) groups excluding carboxylic acids is 2. The van der Waals surface area contributed by atoms with Crippen LogP contribution in [0, 0.1) is 23.7 Å². The molecule has 1 spiro atoms. The number of ether oxygens (including phenoxy) is 3. The second-order valence-electron chi connectivity index (χ2n) is 18.2. The van der Waals surface area contributed by atoms with Crippen molar-refractivity contribution in [2.75, 3.05) is 96.5 Å². The van der Waals surface area contributed by atoms with Gasteiger partial charge in [0.1, 0.15) is 15.7 Å². The van der Waals surface area contributed by atoms with Crippen molar-refractivity contribution in [1.29, 1.82) is 0 Å². The topological polar surface area (TPSA) is 116 Å². The number of anilines is 1. The Balaban J connectivity index is 0.975. The molecule has 7 aliphatic rings. The van der Waals surface area contributed by atoms with Crippen LogP contribution in [0.25, 0.3) is 0 Å². The first-order valence-electron chi connectivity index (χ1n) is 21.5. The molecule has 58 heavy (non-hydrogen) atoms. The SMILES string of the molecule is CO[C@H]1/C=C/C[C@H](C)CS(=O)(NC(=O)N2CC(CN3CCN4CCOC[C@@H]4C3)C2)=NC(=O)c2ccc3c(c2)N(C[C@@H]2CC[C@H]21)C[C@@]1(CCCc2cc(Cl)ccc21)CO3. The van der Waals surface area contributed by atoms with Crippen LogP contribution in [0.4, 0.5) is 10.5 Å². The number of benzene rings is 2. The van der Waals surface area contributed by atoms with Gasteiger partial charge in [-0.25, -0.2) is 9.00 Å². The van der Waals surface area contributed by atoms with Crippen LogP contribution >= 0.6 is 11.6 Å². The van der Waals surface area contributed by atoms with Crippen molar-refractivity contribution in [2.24, 2.45) is 28.0 Å². The van der Waals surface area contributed by atoms with Crippen LogP contribution in [0.15, 0.2) is 52.9 Å². The fraction of sp³-hybridized carbons (Fsp3) is 0.636. The number of likely N-dealkylation sites (tertiary alicyclic amines) is 1. The number of urea groups is 1. The molecule has 5 heterocycles. The van der Waals surface area contributed by atoms with Crippen LogP contribution in [0.1, 0.15) is 60.5 Å². The zero-order valence-electron chi connectivity index (χ0n) is 34.0. The molecule has 1 unspecified atom stereocenters. The molecule has 5 aliphatic heterocycles. The summed E-state index contributed by atoms with van der Waals surface area (Å²) in [5, 5.41) is 0.748. The average Bonchev–Trinajstić information content (AvgIpc) is 3.33. The molecule has 314 valence electrons. The van der Waals surface area contributed by atoms with Gasteiger partial charge < -0.3 is 28.9 Å². The zero-order chi connectivity index (χ0) is 40.0. The summed E-state index contributed by atoms with van der Waals surface area (Å²) in [5.41, 5.74) is 3.47. The lowest BCUT2D eigenvalue weighted by Crippen LogP contribution is -2.62. The molecule has 1 N–H and O–H groups in total. The molecule has 3 saturated heterocycles. The van der Waals surface area contributed by atoms with Gasteiger partial charge in [-0.1, -0.05) is 36.7 Å². The number of rotatable bonds is 4. The Labute approximate surface area is 348 Å². The number of fused-ring (bicyclic) bond motifs is 5. The Morgan fingerprint density at radius 2 is 1.98 bits per heavy atom. The van der Waals surface area contributed by atoms with E-state index in [2.05, 4.69) is 48.1 Å². The first-order valence-corrected chi connectivity index (χ1v) is 23.5. The number of piperazine rings is 1. The summed E-state index contributed by atoms with van der Waals surface area (Å²) in [4.78, 5) is 37.0. The normalized spacial score (nSPS) is 33.9. The van der Waals surface area contributed by atoms with Crippen molar-refractivity contribution in [3.8, 4) is 5.75 Å². The molecule has 14 heteroatoms. The third-order valence-electron chi connectivity index (χ3n) is 14.0. The zero-order valence-corrected chi connectivity index (χ0v) is 35.6. The van der Waals surface area contributed by atoms with Crippen molar-refractivity contribution in [1.82, 2.24) is 19.4 Å². The summed E-state index contributed by atoms with van der Waals surface area (Å²) in [5.74, 6) is 1.13. The van der Waals surface area contributed by atoms with Crippen LogP contribution in [0.2, 0.25) is 5.02 Å². The molecule has 9 rings (SSSR count). The molecular formula is C44H59ClN6O6S. The summed E-state index contributed by atoms with van der Waals surface area (Å²) in [6, 6.07) is 11.7. The minimum Gasteiger partial charge on any atom is -0.490 e. The highest BCUT2D eigenvalue weighted by atomic mass is 35.5. The molecule has 3 amide bonds. The number of methoxy groups -OCH3 is 1. The summed E-state index contributed by atoms with van der Waals surface area (Å²) < 4.78 is 40.5. The van der Waals surface area contributed by atoms with E-state index in [0.717, 1.165) is 108 Å². The van der Waals surface area contributed by atoms with Crippen molar-refractivity contribution in [3.05, 3.63) is 70.3 Å². The summed E-state index contributed by atoms with van der Waals surface area (Å²) in [6.07, 6.45) is 10.0. The van der Waals surface area contributed by atoms with Gasteiger partial charge in [0.2, 0.25) is 0 Å². The smallest absolute Gasteiger partial charge is 0.329 e. The number of halogens is 1. The Morgan fingerprint density at radius 3 is 2.81 bits per heavy atom. The maximum absolute atomic E-state index is 14.8. The van der Waals surface area contributed by atoms with Gasteiger partial charge in [0.25, 0.3) is 5.91 Å². The number of amides is 3. The molecule has 2 aromatic carbocycles. The number of nitrogens with zero attached hydrogens (tertiary/aromatic N) is 5. The van der Waals surface area contributed by atoms with E-state index in [1.165, 1.54) is 11.1 Å². The van der Waals surface area contributed by atoms with Gasteiger partial charge in [-0.3, -0.25) is 14.4 Å². The lowest BCUT2D eigenvalue weighted by Gasteiger charge is -2.47. The maximum atomic E-state index is 14.8. The number of morpholine rings is 1. The van der Waals surface area contributed by atoms with E-state index in [9.17, 15) is 13.8 Å². The lowest BCUT2D eigenvalue weighted by atomic mass is 9.68. The standard InChI is InChI=1S/C44H59ClN6O6S/c1-30-5-3-7-40(55-2)37-11-8-34(37)24-51-28-44(14-4-6-32-19-35(45)10-12-38(32)44)29-57-41-13-9-33(20-39(41)51)42(52)46-58(54,27-30)47-43(53)50-22-31(23-50)21-48-15-16-49-17-18-56-26-36(49)25-48/h3,7,9-10,12-13,19-20,30-31,34,36-37,40H,4-6,8,11,14-18,21-29H2,1-2H3,(H,46,47,52,53,54)/b7-3+/t30-,34-,36-,37+,40-,44-,58?/m0/s1. The first kappa shape index (κ1) is 40.2. The minimum atomic E-state index is -3.49. The Kier molecular flexibility index (Phi) is 11.6. The van der Waals surface area contributed by atoms with Gasteiger partial charge in [0.05, 0.1) is 37.4 Å². The number of hydrogen-bond acceptors (Lipinski definition) is 9. The quantitative estimate of drug-likeness (QED) is 0.392. The van der Waals surface area contributed by atoms with E-state index in [1.54, 1.807) is 18.1 Å². The minimum absolute atomic E-state index is 0.0473. The van der Waals surface area contributed by atoms with Crippen LogP contribution in [0.5, 0.6) is 5.75 Å². The van der Waals surface area contributed by atoms with E-state index < -0.39 is 21.9 Å². The van der Waals surface area contributed by atoms with E-state index in [1.807, 2.05) is 25.1 Å². The second kappa shape index (κ2) is 16.7. The van der Waals surface area contributed by atoms with Crippen LogP contribution < -0.4 is 14.4 Å². The van der Waals surface area contributed by atoms with Gasteiger partial charge >= 0.3 is 6.03 Å². The Hall–Kier alpha value is -3.20. The largest absolute Gasteiger partial charge is 0.490 e. The molecule has 2 bridgehead atoms. The molecule has 12 nitrogen and oxygen atoms in total. The molecular weight excluding hydrogens is 776 g/mol. The molecule has 0 radical (unpaired) electrons. The monoisotopic (exact) mass is 834 g/mol. The highest BCUT2D eigenvalue weighted by Crippen LogP contribution is 2.47. The number of hydrogen-bond donors (Lipinski definition) is 1. The van der Waals surface area contributed by atoms with E-state index in [-0.39, 0.29) is 23.2 Å². The summed E-state index contributed by atoms with van der Waals surface area (Å²) in [6.45, 7) is 11.7. The van der Waals surface area contributed by atoms with Crippen molar-refractivity contribution < 1.29 is 28.0 Å². The summed E-state index contributed by atoms with van der Waals surface area (Å²) >= 11 is 6.49. The average molecular weight is 836 g/mol. The molecule has 0 aromatic heterocycles. The summed E-state index contributed by atoms with van der Waals surface area (Å²) in [7, 11) is -1.70. The van der Waals surface area contributed by atoms with Gasteiger partial charge in [0, 0.05) is 94.0 Å². The van der Waals surface area contributed by atoms with Crippen LogP contribution in [-0.2, 0) is 31.2 Å². The Bertz CT molecular complexity index is 2040. The Morgan fingerprint density at radius 1 is 1.10 bits per heavy atom. The molecule has 2 aliphatic carbocycles. The number of aryl methyl sites for hydroxylation is 1. The third kappa shape index (κ3) is 8.28. The van der Waals surface area contributed by atoms with Crippen LogP contribution in [0.3, 0.4) is 0 Å². The van der Waals surface area contributed by atoms with Gasteiger partial charge in [-0.15, -0.1) is 4.36 Å². The highest BCUT2D eigenvalue weighted by Gasteiger charge is 2.45. The molecule has 1 saturated carbocycles. The fourth-order valence-electron chi connectivity index (χ4n) is 10.8. The van der Waals surface area contributed by atoms with Crippen molar-refractivity contribution in [2.45, 2.75) is 63.0 Å². The third-order valence-corrected chi connectivity index (χ3v) is 16.3. The molecule has 7 atom stereocenters. The van der Waals surface area contributed by atoms with Crippen molar-refractivity contribution in [3.63, 3.8) is 0 Å². The predicted octanol–water partition coefficient (Wildman–Crippen LogP) is 5.63. The first-order chi connectivity index (χ1) is 28.1. The van der Waals surface area contributed by atoms with E-state index >= 15 is 0 Å². The second-order valence-corrected chi connectivity index (χ2v) is 20.6. The van der Waals surface area contributed by atoms with Gasteiger partial charge in [-0.05, 0) is 97.7 Å². The van der Waals surface area contributed by atoms with Crippen molar-refractivity contribution >= 4 is 39.1 Å². The predicted molar refractivity (Wildman–Crippen MR) is 226 cm³/mol. The fourth-order valence-corrected chi connectivity index (χ4v) is 12.8. The number of carbonyl (C=O) groups is 2. The number of allylic oxidation sites excluding steroid dienone is 1. The van der Waals surface area contributed by atoms with E-state index in [4.69, 9.17) is 25.8 Å². The van der Waals surface area contributed by atoms with Gasteiger partial charge in [0.15, 0.2) is 0 Å². The van der Waals surface area contributed by atoms with Gasteiger partial charge in [-0.2, -0.15) is 0 Å². The number of nitrogens with one attached hydrogen (secondary N) is 1. The molecule has 4 fully saturated rings. The maximum Gasteiger partial charge on any atom is 0.329 e. The van der Waals surface area contributed by atoms with Crippen LogP contribution in [-0.4, -0.2) is 135 Å². The van der Waals surface area contributed by atoms with E-state index in [0.29, 0.717) is 55.5 Å².